The highest BCUT2D eigenvalue weighted by atomic mass is 16.3. The van der Waals surface area contributed by atoms with Crippen LogP contribution in [0.4, 0.5) is 0 Å². The normalized spacial score (nSPS) is 13.9. The van der Waals surface area contributed by atoms with E-state index in [2.05, 4.69) is 44.8 Å². The van der Waals surface area contributed by atoms with Crippen molar-refractivity contribution in [1.29, 1.82) is 0 Å². The molecule has 1 aromatic heterocycles. The maximum absolute atomic E-state index is 10.4. The van der Waals surface area contributed by atoms with Crippen LogP contribution in [0.25, 0.3) is 16.7 Å². The molecule has 0 radical (unpaired) electrons. The highest BCUT2D eigenvalue weighted by Crippen LogP contribution is 2.38. The predicted molar refractivity (Wildman–Crippen MR) is 97.6 cm³/mol. The molecule has 0 unspecified atom stereocenters. The molecule has 24 heavy (non-hydrogen) atoms. The number of rotatable bonds is 3. The van der Waals surface area contributed by atoms with Gasteiger partial charge in [-0.05, 0) is 47.1 Å². The Morgan fingerprint density at radius 2 is 1.79 bits per heavy atom. The van der Waals surface area contributed by atoms with Crippen molar-refractivity contribution in [3.05, 3.63) is 48.0 Å². The summed E-state index contributed by atoms with van der Waals surface area (Å²) < 4.78 is 15.7. The molecule has 126 valence electrons. The molecule has 0 saturated carbocycles. The van der Waals surface area contributed by atoms with E-state index in [-0.39, 0.29) is 28.7 Å². The molecule has 1 N–H and O–H groups in total. The van der Waals surface area contributed by atoms with E-state index in [1.54, 1.807) is 12.1 Å². The first-order valence-electron chi connectivity index (χ1n) is 9.15. The quantitative estimate of drug-likeness (QED) is 0.749. The largest absolute Gasteiger partial charge is 0.506 e. The van der Waals surface area contributed by atoms with Crippen LogP contribution in [0, 0.1) is 5.41 Å². The van der Waals surface area contributed by atoms with Gasteiger partial charge in [0.1, 0.15) is 22.5 Å². The minimum atomic E-state index is -0.0811. The molecule has 3 rings (SSSR count). The van der Waals surface area contributed by atoms with Gasteiger partial charge in [0.15, 0.2) is 0 Å². The Kier molecular flexibility index (Phi) is 3.28. The summed E-state index contributed by atoms with van der Waals surface area (Å²) in [5.74, 6) is 0.0817. The second-order valence-electron chi connectivity index (χ2n) is 8.15. The number of phenolic OH excluding ortho intramolecular Hbond substituents is 1. The second kappa shape index (κ2) is 5.62. The summed E-state index contributed by atoms with van der Waals surface area (Å²) in [6.45, 7) is 11.0. The van der Waals surface area contributed by atoms with E-state index in [1.807, 2.05) is 12.1 Å². The molecule has 3 aromatic rings. The number of hydrogen-bond acceptors (Lipinski definition) is 3. The van der Waals surface area contributed by atoms with Crippen LogP contribution in [0.15, 0.2) is 42.4 Å². The Labute approximate surface area is 145 Å². The lowest BCUT2D eigenvalue weighted by Gasteiger charge is -2.33. The number of nitrogens with zero attached hydrogens (tertiary/aromatic N) is 3. The average Bonchev–Trinajstić information content (AvgIpc) is 2.93. The van der Waals surface area contributed by atoms with Crippen LogP contribution in [0.1, 0.15) is 49.3 Å². The Bertz CT molecular complexity index is 971. The molecule has 0 aliphatic heterocycles. The number of benzene rings is 2. The van der Waals surface area contributed by atoms with E-state index in [0.717, 1.165) is 12.0 Å². The molecule has 1 heterocycles. The average molecular weight is 325 g/mol. The first kappa shape index (κ1) is 14.0. The third-order valence-corrected chi connectivity index (χ3v) is 4.10. The molecule has 0 aliphatic carbocycles. The molecular weight excluding hydrogens is 298 g/mol. The first-order valence-corrected chi connectivity index (χ1v) is 8.15. The minimum Gasteiger partial charge on any atom is -0.506 e. The van der Waals surface area contributed by atoms with Crippen LogP contribution in [-0.4, -0.2) is 20.1 Å². The minimum absolute atomic E-state index is 0.0393. The number of fused-ring (bicyclic) bond motifs is 1. The van der Waals surface area contributed by atoms with Crippen molar-refractivity contribution in [2.45, 2.75) is 46.5 Å². The van der Waals surface area contributed by atoms with Crippen LogP contribution in [0.5, 0.6) is 5.75 Å². The zero-order valence-corrected chi connectivity index (χ0v) is 14.9. The van der Waals surface area contributed by atoms with Gasteiger partial charge in [-0.3, -0.25) is 0 Å². The van der Waals surface area contributed by atoms with E-state index in [1.165, 1.54) is 10.9 Å². The van der Waals surface area contributed by atoms with Crippen LogP contribution in [0.2, 0.25) is 0 Å². The SMILES string of the molecule is [2H]c1ccc2nn(-c3cc(C(C)(C)CC(C)(C)C)ccc3O)nc2c1[2H]. The van der Waals surface area contributed by atoms with Gasteiger partial charge in [0.25, 0.3) is 0 Å². The van der Waals surface area contributed by atoms with Crippen molar-refractivity contribution < 1.29 is 7.85 Å². The summed E-state index contributed by atoms with van der Waals surface area (Å²) in [4.78, 5) is 1.36. The molecule has 0 spiro atoms. The Morgan fingerprint density at radius 3 is 2.50 bits per heavy atom. The van der Waals surface area contributed by atoms with E-state index in [0.29, 0.717) is 16.7 Å². The summed E-state index contributed by atoms with van der Waals surface area (Å²) in [6.07, 6.45) is 0.984. The molecule has 2 aromatic carbocycles. The Morgan fingerprint density at radius 1 is 1.08 bits per heavy atom. The predicted octanol–water partition coefficient (Wildman–Crippen LogP) is 4.84. The first-order chi connectivity index (χ1) is 12.0. The highest BCUT2D eigenvalue weighted by molar-refractivity contribution is 5.73. The molecule has 4 nitrogen and oxygen atoms in total. The highest BCUT2D eigenvalue weighted by Gasteiger charge is 2.28. The Balaban J connectivity index is 2.10. The lowest BCUT2D eigenvalue weighted by Crippen LogP contribution is -2.25. The summed E-state index contributed by atoms with van der Waals surface area (Å²) in [5, 5.41) is 19.1. The molecule has 0 aliphatic rings. The van der Waals surface area contributed by atoms with Gasteiger partial charge in [0, 0.05) is 0 Å². The van der Waals surface area contributed by atoms with Gasteiger partial charge in [-0.1, -0.05) is 52.8 Å². The van der Waals surface area contributed by atoms with Gasteiger partial charge in [-0.2, -0.15) is 0 Å². The number of aromatic nitrogens is 3. The monoisotopic (exact) mass is 325 g/mol. The van der Waals surface area contributed by atoms with Gasteiger partial charge in [0.2, 0.25) is 0 Å². The van der Waals surface area contributed by atoms with E-state index < -0.39 is 0 Å². The lowest BCUT2D eigenvalue weighted by molar-refractivity contribution is 0.284. The zero-order chi connectivity index (χ0) is 19.3. The standard InChI is InChI=1S/C20H25N3O/c1-19(2,3)13-20(4,5)14-10-11-18(24)17(12-14)23-21-15-8-6-7-9-16(15)22-23/h6-12,24H,13H2,1-5H3/i6D,8D. The van der Waals surface area contributed by atoms with Gasteiger partial charge >= 0.3 is 0 Å². The number of hydrogen-bond donors (Lipinski definition) is 1. The second-order valence-corrected chi connectivity index (χ2v) is 8.15. The topological polar surface area (TPSA) is 50.9 Å². The molecule has 0 fully saturated rings. The number of phenols is 1. The summed E-state index contributed by atoms with van der Waals surface area (Å²) in [7, 11) is 0. The van der Waals surface area contributed by atoms with Crippen molar-refractivity contribution in [2.24, 2.45) is 5.41 Å². The van der Waals surface area contributed by atoms with Gasteiger partial charge in [0.05, 0.1) is 2.74 Å². The molecule has 0 bridgehead atoms. The summed E-state index contributed by atoms with van der Waals surface area (Å²) in [6, 6.07) is 8.86. The fraction of sp³-hybridized carbons (Fsp3) is 0.400. The van der Waals surface area contributed by atoms with E-state index >= 15 is 0 Å². The van der Waals surface area contributed by atoms with Crippen LogP contribution < -0.4 is 0 Å². The molecular formula is C20H25N3O. The maximum Gasteiger partial charge on any atom is 0.143 e. The van der Waals surface area contributed by atoms with Gasteiger partial charge < -0.3 is 5.11 Å². The van der Waals surface area contributed by atoms with Gasteiger partial charge in [-0.25, -0.2) is 0 Å². The smallest absolute Gasteiger partial charge is 0.143 e. The van der Waals surface area contributed by atoms with Crippen LogP contribution in [0.3, 0.4) is 0 Å². The molecule has 0 amide bonds. The zero-order valence-electron chi connectivity index (χ0n) is 16.9. The van der Waals surface area contributed by atoms with Crippen LogP contribution >= 0.6 is 0 Å². The number of aromatic hydroxyl groups is 1. The molecule has 0 atom stereocenters. The van der Waals surface area contributed by atoms with Crippen LogP contribution in [-0.2, 0) is 5.41 Å². The fourth-order valence-corrected chi connectivity index (χ4v) is 3.39. The van der Waals surface area contributed by atoms with Crippen molar-refractivity contribution in [3.63, 3.8) is 0 Å². The van der Waals surface area contributed by atoms with Crippen molar-refractivity contribution in [2.75, 3.05) is 0 Å². The van der Waals surface area contributed by atoms with Crippen molar-refractivity contribution in [3.8, 4) is 11.4 Å². The Hall–Kier alpha value is -2.36. The summed E-state index contributed by atoms with van der Waals surface area (Å²) in [5.41, 5.74) is 2.55. The third-order valence-electron chi connectivity index (χ3n) is 4.10. The maximum atomic E-state index is 10.4. The van der Waals surface area contributed by atoms with E-state index in [9.17, 15) is 5.11 Å². The molecule has 4 heteroatoms. The molecule has 0 saturated heterocycles. The van der Waals surface area contributed by atoms with E-state index in [4.69, 9.17) is 2.74 Å². The van der Waals surface area contributed by atoms with Crippen molar-refractivity contribution in [1.82, 2.24) is 15.0 Å². The van der Waals surface area contributed by atoms with Gasteiger partial charge in [-0.15, -0.1) is 15.0 Å². The fourth-order valence-electron chi connectivity index (χ4n) is 3.39. The van der Waals surface area contributed by atoms with Crippen molar-refractivity contribution >= 4 is 11.0 Å². The lowest BCUT2D eigenvalue weighted by atomic mass is 9.72. The third kappa shape index (κ3) is 3.28. The summed E-state index contributed by atoms with van der Waals surface area (Å²) >= 11 is 0.